The Bertz CT molecular complexity index is 872. The Labute approximate surface area is 148 Å². The van der Waals surface area contributed by atoms with Gasteiger partial charge >= 0.3 is 0 Å². The summed E-state index contributed by atoms with van der Waals surface area (Å²) in [4.78, 5) is 9.28. The van der Waals surface area contributed by atoms with E-state index in [2.05, 4.69) is 48.1 Å². The molecule has 0 aliphatic heterocycles. The highest BCUT2D eigenvalue weighted by molar-refractivity contribution is 6.01. The molecule has 0 fully saturated rings. The van der Waals surface area contributed by atoms with E-state index >= 15 is 0 Å². The number of rotatable bonds is 4. The van der Waals surface area contributed by atoms with Crippen LogP contribution in [0.3, 0.4) is 0 Å². The number of hydrogen-bond donors (Lipinski definition) is 0. The summed E-state index contributed by atoms with van der Waals surface area (Å²) in [6.45, 7) is 8.03. The van der Waals surface area contributed by atoms with Crippen LogP contribution in [-0.4, -0.2) is 11.4 Å². The SMILES string of the molecule is CC(=Nc1cccc(C)c1)c1ccc(C(C)=Nc2cccc(C)c2)o1. The molecule has 0 spiro atoms. The van der Waals surface area contributed by atoms with Crippen LogP contribution >= 0.6 is 0 Å². The Balaban J connectivity index is 1.84. The predicted molar refractivity (Wildman–Crippen MR) is 105 cm³/mol. The highest BCUT2D eigenvalue weighted by Gasteiger charge is 2.08. The quantitative estimate of drug-likeness (QED) is 0.526. The zero-order valence-corrected chi connectivity index (χ0v) is 15.1. The Morgan fingerprint density at radius 3 is 1.52 bits per heavy atom. The minimum Gasteiger partial charge on any atom is -0.454 e. The van der Waals surface area contributed by atoms with Crippen molar-refractivity contribution in [3.8, 4) is 0 Å². The van der Waals surface area contributed by atoms with Gasteiger partial charge in [-0.2, -0.15) is 0 Å². The molecule has 3 rings (SSSR count). The van der Waals surface area contributed by atoms with E-state index in [-0.39, 0.29) is 0 Å². The first-order chi connectivity index (χ1) is 12.0. The highest BCUT2D eigenvalue weighted by Crippen LogP contribution is 2.19. The van der Waals surface area contributed by atoms with E-state index in [4.69, 9.17) is 4.42 Å². The monoisotopic (exact) mass is 330 g/mol. The summed E-state index contributed by atoms with van der Waals surface area (Å²) in [6, 6.07) is 20.1. The molecule has 1 aromatic heterocycles. The van der Waals surface area contributed by atoms with Gasteiger partial charge in [-0.3, -0.25) is 0 Å². The van der Waals surface area contributed by atoms with Crippen LogP contribution in [0, 0.1) is 13.8 Å². The van der Waals surface area contributed by atoms with Crippen molar-refractivity contribution in [2.75, 3.05) is 0 Å². The molecule has 3 aromatic rings. The average Bonchev–Trinajstić information content (AvgIpc) is 3.05. The predicted octanol–water partition coefficient (Wildman–Crippen LogP) is 6.18. The molecule has 0 amide bonds. The van der Waals surface area contributed by atoms with E-state index in [0.717, 1.165) is 34.3 Å². The first kappa shape index (κ1) is 16.9. The van der Waals surface area contributed by atoms with Crippen molar-refractivity contribution in [1.82, 2.24) is 0 Å². The molecule has 2 aromatic carbocycles. The molecule has 3 heteroatoms. The topological polar surface area (TPSA) is 37.9 Å². The van der Waals surface area contributed by atoms with Gasteiger partial charge in [0.25, 0.3) is 0 Å². The smallest absolute Gasteiger partial charge is 0.148 e. The lowest BCUT2D eigenvalue weighted by atomic mass is 10.2. The molecule has 25 heavy (non-hydrogen) atoms. The zero-order valence-electron chi connectivity index (χ0n) is 15.1. The second-order valence-electron chi connectivity index (χ2n) is 6.24. The fraction of sp³-hybridized carbons (Fsp3) is 0.182. The Hall–Kier alpha value is -2.94. The normalized spacial score (nSPS) is 12.5. The van der Waals surface area contributed by atoms with Gasteiger partial charge in [0.1, 0.15) is 11.5 Å². The minimum absolute atomic E-state index is 0.760. The van der Waals surface area contributed by atoms with E-state index in [9.17, 15) is 0 Å². The Morgan fingerprint density at radius 1 is 0.680 bits per heavy atom. The summed E-state index contributed by atoms with van der Waals surface area (Å²) in [5.41, 5.74) is 5.94. The molecule has 0 aliphatic carbocycles. The van der Waals surface area contributed by atoms with E-state index in [1.807, 2.05) is 50.2 Å². The summed E-state index contributed by atoms with van der Waals surface area (Å²) in [5.74, 6) is 1.52. The maximum atomic E-state index is 5.95. The molecular weight excluding hydrogens is 308 g/mol. The number of furan rings is 1. The van der Waals surface area contributed by atoms with Crippen LogP contribution < -0.4 is 0 Å². The second kappa shape index (κ2) is 7.31. The maximum absolute atomic E-state index is 5.95. The van der Waals surface area contributed by atoms with Gasteiger partial charge in [-0.15, -0.1) is 0 Å². The summed E-state index contributed by atoms with van der Waals surface area (Å²) < 4.78 is 5.95. The molecule has 1 heterocycles. The van der Waals surface area contributed by atoms with Crippen LogP contribution in [0.2, 0.25) is 0 Å². The fourth-order valence-corrected chi connectivity index (χ4v) is 2.62. The molecule has 0 aliphatic rings. The lowest BCUT2D eigenvalue weighted by Crippen LogP contribution is -1.93. The van der Waals surface area contributed by atoms with Crippen molar-refractivity contribution in [3.05, 3.63) is 83.3 Å². The first-order valence-corrected chi connectivity index (χ1v) is 8.36. The van der Waals surface area contributed by atoms with Crippen molar-refractivity contribution in [2.45, 2.75) is 27.7 Å². The van der Waals surface area contributed by atoms with E-state index < -0.39 is 0 Å². The van der Waals surface area contributed by atoms with Crippen molar-refractivity contribution >= 4 is 22.8 Å². The van der Waals surface area contributed by atoms with Crippen LogP contribution in [0.4, 0.5) is 11.4 Å². The number of hydrogen-bond acceptors (Lipinski definition) is 3. The van der Waals surface area contributed by atoms with E-state index in [1.54, 1.807) is 0 Å². The molecular formula is C22H22N2O. The molecule has 0 bridgehead atoms. The molecule has 0 unspecified atom stereocenters. The van der Waals surface area contributed by atoms with Gasteiger partial charge in [0, 0.05) is 0 Å². The molecule has 0 atom stereocenters. The van der Waals surface area contributed by atoms with Crippen molar-refractivity contribution in [2.24, 2.45) is 9.98 Å². The molecule has 0 saturated heterocycles. The van der Waals surface area contributed by atoms with E-state index in [1.165, 1.54) is 11.1 Å². The van der Waals surface area contributed by atoms with Gasteiger partial charge in [0.2, 0.25) is 0 Å². The summed E-state index contributed by atoms with van der Waals surface area (Å²) in [5, 5.41) is 0. The van der Waals surface area contributed by atoms with Crippen LogP contribution in [0.5, 0.6) is 0 Å². The van der Waals surface area contributed by atoms with Crippen LogP contribution in [0.25, 0.3) is 0 Å². The van der Waals surface area contributed by atoms with Crippen LogP contribution in [0.15, 0.2) is 75.1 Å². The third-order valence-electron chi connectivity index (χ3n) is 3.92. The molecule has 0 N–H and O–H groups in total. The van der Waals surface area contributed by atoms with Crippen molar-refractivity contribution in [3.63, 3.8) is 0 Å². The van der Waals surface area contributed by atoms with Gasteiger partial charge in [0.05, 0.1) is 22.8 Å². The largest absolute Gasteiger partial charge is 0.454 e. The Morgan fingerprint density at radius 2 is 1.12 bits per heavy atom. The van der Waals surface area contributed by atoms with Gasteiger partial charge in [0.15, 0.2) is 0 Å². The van der Waals surface area contributed by atoms with E-state index in [0.29, 0.717) is 0 Å². The summed E-state index contributed by atoms with van der Waals surface area (Å²) in [7, 11) is 0. The maximum Gasteiger partial charge on any atom is 0.148 e. The first-order valence-electron chi connectivity index (χ1n) is 8.36. The summed E-state index contributed by atoms with van der Waals surface area (Å²) in [6.07, 6.45) is 0. The number of aliphatic imine (C=N–C) groups is 2. The number of benzene rings is 2. The number of aryl methyl sites for hydroxylation is 2. The third kappa shape index (κ3) is 4.32. The van der Waals surface area contributed by atoms with Gasteiger partial charge in [-0.25, -0.2) is 9.98 Å². The van der Waals surface area contributed by atoms with Crippen molar-refractivity contribution < 1.29 is 4.42 Å². The molecule has 3 nitrogen and oxygen atoms in total. The summed E-state index contributed by atoms with van der Waals surface area (Å²) >= 11 is 0. The molecule has 0 saturated carbocycles. The molecule has 0 radical (unpaired) electrons. The lowest BCUT2D eigenvalue weighted by molar-refractivity contribution is 0.548. The number of nitrogens with zero attached hydrogens (tertiary/aromatic N) is 2. The average molecular weight is 330 g/mol. The Kier molecular flexibility index (Phi) is 4.94. The van der Waals surface area contributed by atoms with Gasteiger partial charge < -0.3 is 4.42 Å². The molecule has 126 valence electrons. The van der Waals surface area contributed by atoms with Crippen LogP contribution in [0.1, 0.15) is 36.5 Å². The minimum atomic E-state index is 0.760. The lowest BCUT2D eigenvalue weighted by Gasteiger charge is -2.00. The fourth-order valence-electron chi connectivity index (χ4n) is 2.62. The van der Waals surface area contributed by atoms with Crippen molar-refractivity contribution in [1.29, 1.82) is 0 Å². The standard InChI is InChI=1S/C22H22N2O/c1-15-7-5-9-19(13-15)23-17(3)21-11-12-22(25-21)18(4)24-20-10-6-8-16(2)14-20/h5-14H,1-4H3. The highest BCUT2D eigenvalue weighted by atomic mass is 16.3. The van der Waals surface area contributed by atoms with Gasteiger partial charge in [-0.1, -0.05) is 24.3 Å². The third-order valence-corrected chi connectivity index (χ3v) is 3.92. The zero-order chi connectivity index (χ0) is 17.8. The van der Waals surface area contributed by atoms with Gasteiger partial charge in [-0.05, 0) is 75.2 Å². The second-order valence-corrected chi connectivity index (χ2v) is 6.24. The van der Waals surface area contributed by atoms with Crippen LogP contribution in [-0.2, 0) is 0 Å².